The van der Waals surface area contributed by atoms with E-state index in [0.29, 0.717) is 49.7 Å². The number of ether oxygens (including phenoxy) is 3. The average Bonchev–Trinajstić information content (AvgIpc) is 3.47. The van der Waals surface area contributed by atoms with Crippen molar-refractivity contribution in [2.24, 2.45) is 0 Å². The van der Waals surface area contributed by atoms with Gasteiger partial charge in [-0.1, -0.05) is 0 Å². The highest BCUT2D eigenvalue weighted by molar-refractivity contribution is 6.05. The van der Waals surface area contributed by atoms with E-state index in [1.807, 2.05) is 37.8 Å². The van der Waals surface area contributed by atoms with Crippen LogP contribution in [0.1, 0.15) is 75.2 Å². The molecule has 0 bridgehead atoms. The SMILES string of the molecule is COCCCCN1C(=O)C(C)(COC(=O)N2CCCC2)Oc2cc(C)c(C(=O)N(C(C)C)[C@@H]3CCCNC3)cc21.Cl. The first-order valence-corrected chi connectivity index (χ1v) is 14.8. The van der Waals surface area contributed by atoms with E-state index in [1.54, 1.807) is 23.8 Å². The molecule has 3 aliphatic heterocycles. The third-order valence-corrected chi connectivity index (χ3v) is 8.13. The number of halogens is 1. The molecule has 3 heterocycles. The van der Waals surface area contributed by atoms with Crippen LogP contribution in [0, 0.1) is 6.92 Å². The fraction of sp³-hybridized carbons (Fsp3) is 0.700. The third kappa shape index (κ3) is 7.45. The van der Waals surface area contributed by atoms with Crippen molar-refractivity contribution in [3.05, 3.63) is 23.3 Å². The fourth-order valence-electron chi connectivity index (χ4n) is 5.93. The van der Waals surface area contributed by atoms with E-state index in [4.69, 9.17) is 14.2 Å². The minimum absolute atomic E-state index is 0. The van der Waals surface area contributed by atoms with Gasteiger partial charge in [0.2, 0.25) is 5.60 Å². The number of rotatable bonds is 10. The van der Waals surface area contributed by atoms with Crippen LogP contribution in [-0.4, -0.2) is 98.4 Å². The number of unbranched alkanes of at least 4 members (excludes halogenated alkanes) is 1. The molecule has 41 heavy (non-hydrogen) atoms. The number of hydrogen-bond acceptors (Lipinski definition) is 7. The van der Waals surface area contributed by atoms with Crippen molar-refractivity contribution in [1.82, 2.24) is 15.1 Å². The fourth-order valence-corrected chi connectivity index (χ4v) is 5.93. The Labute approximate surface area is 250 Å². The Balaban J connectivity index is 0.00000462. The van der Waals surface area contributed by atoms with Gasteiger partial charge in [0.25, 0.3) is 11.8 Å². The summed E-state index contributed by atoms with van der Waals surface area (Å²) in [5.41, 5.74) is 0.549. The largest absolute Gasteiger partial charge is 0.472 e. The van der Waals surface area contributed by atoms with E-state index in [9.17, 15) is 14.4 Å². The smallest absolute Gasteiger partial charge is 0.409 e. The van der Waals surface area contributed by atoms with Gasteiger partial charge in [0.15, 0.2) is 0 Å². The predicted octanol–water partition coefficient (Wildman–Crippen LogP) is 4.16. The lowest BCUT2D eigenvalue weighted by atomic mass is 9.97. The van der Waals surface area contributed by atoms with Crippen molar-refractivity contribution in [3.63, 3.8) is 0 Å². The first kappa shape index (κ1) is 32.9. The van der Waals surface area contributed by atoms with Crippen LogP contribution in [0.2, 0.25) is 0 Å². The van der Waals surface area contributed by atoms with Crippen LogP contribution in [0.15, 0.2) is 12.1 Å². The predicted molar refractivity (Wildman–Crippen MR) is 160 cm³/mol. The molecule has 0 aromatic heterocycles. The van der Waals surface area contributed by atoms with Crippen molar-refractivity contribution in [3.8, 4) is 5.75 Å². The number of aryl methyl sites for hydroxylation is 1. The first-order chi connectivity index (χ1) is 19.2. The molecule has 2 saturated heterocycles. The molecule has 1 unspecified atom stereocenters. The Bertz CT molecular complexity index is 1070. The number of likely N-dealkylation sites (tertiary alicyclic amines) is 1. The second-order valence-electron chi connectivity index (χ2n) is 11.7. The molecule has 0 spiro atoms. The molecular formula is C30H47ClN4O6. The normalized spacial score (nSPS) is 22.2. The molecule has 1 aromatic carbocycles. The highest BCUT2D eigenvalue weighted by Gasteiger charge is 2.46. The molecule has 3 aliphatic rings. The van der Waals surface area contributed by atoms with E-state index >= 15 is 0 Å². The van der Waals surface area contributed by atoms with E-state index in [1.165, 1.54) is 0 Å². The molecule has 2 atom stereocenters. The molecule has 0 saturated carbocycles. The van der Waals surface area contributed by atoms with Gasteiger partial charge in [-0.25, -0.2) is 4.79 Å². The summed E-state index contributed by atoms with van der Waals surface area (Å²) in [4.78, 5) is 45.8. The number of methoxy groups -OCH3 is 1. The van der Waals surface area contributed by atoms with Gasteiger partial charge in [-0.05, 0) is 90.5 Å². The molecule has 2 fully saturated rings. The van der Waals surface area contributed by atoms with Crippen LogP contribution in [0.3, 0.4) is 0 Å². The lowest BCUT2D eigenvalue weighted by Crippen LogP contribution is -2.58. The Hall–Kier alpha value is -2.56. The maximum Gasteiger partial charge on any atom is 0.409 e. The number of anilines is 1. The highest BCUT2D eigenvalue weighted by atomic mass is 35.5. The zero-order valence-electron chi connectivity index (χ0n) is 25.2. The van der Waals surface area contributed by atoms with Crippen molar-refractivity contribution < 1.29 is 28.6 Å². The van der Waals surface area contributed by atoms with E-state index in [2.05, 4.69) is 5.32 Å². The molecule has 1 aromatic rings. The maximum absolute atomic E-state index is 14.0. The van der Waals surface area contributed by atoms with Gasteiger partial charge >= 0.3 is 6.09 Å². The Morgan fingerprint density at radius 2 is 1.93 bits per heavy atom. The van der Waals surface area contributed by atoms with E-state index in [0.717, 1.165) is 50.8 Å². The van der Waals surface area contributed by atoms with Crippen LogP contribution in [0.4, 0.5) is 10.5 Å². The number of benzene rings is 1. The number of carbonyl (C=O) groups excluding carboxylic acids is 3. The summed E-state index contributed by atoms with van der Waals surface area (Å²) in [6.07, 6.45) is 4.98. The number of nitrogens with one attached hydrogen (secondary N) is 1. The molecular weight excluding hydrogens is 548 g/mol. The monoisotopic (exact) mass is 594 g/mol. The summed E-state index contributed by atoms with van der Waals surface area (Å²) >= 11 is 0. The summed E-state index contributed by atoms with van der Waals surface area (Å²) in [5.74, 6) is 0.185. The highest BCUT2D eigenvalue weighted by Crippen LogP contribution is 2.41. The number of fused-ring (bicyclic) bond motifs is 1. The average molecular weight is 595 g/mol. The maximum atomic E-state index is 14.0. The minimum atomic E-state index is -1.38. The molecule has 10 nitrogen and oxygen atoms in total. The Kier molecular flexibility index (Phi) is 11.7. The number of amides is 3. The topological polar surface area (TPSA) is 101 Å². The zero-order valence-corrected chi connectivity index (χ0v) is 26.0. The lowest BCUT2D eigenvalue weighted by molar-refractivity contribution is -0.137. The Morgan fingerprint density at radius 1 is 1.20 bits per heavy atom. The number of nitrogens with zero attached hydrogens (tertiary/aromatic N) is 3. The third-order valence-electron chi connectivity index (χ3n) is 8.13. The molecule has 3 amide bonds. The molecule has 230 valence electrons. The summed E-state index contributed by atoms with van der Waals surface area (Å²) in [6, 6.07) is 3.80. The van der Waals surface area contributed by atoms with Gasteiger partial charge in [0.05, 0.1) is 5.69 Å². The van der Waals surface area contributed by atoms with Crippen LogP contribution >= 0.6 is 12.4 Å². The lowest BCUT2D eigenvalue weighted by Gasteiger charge is -2.41. The van der Waals surface area contributed by atoms with E-state index < -0.39 is 11.7 Å². The van der Waals surface area contributed by atoms with Crippen molar-refractivity contribution in [2.75, 3.05) is 57.9 Å². The summed E-state index contributed by atoms with van der Waals surface area (Å²) in [7, 11) is 1.66. The second kappa shape index (κ2) is 14.6. The van der Waals surface area contributed by atoms with Crippen molar-refractivity contribution in [2.45, 2.75) is 83.9 Å². The number of carbonyl (C=O) groups is 3. The van der Waals surface area contributed by atoms with Gasteiger partial charge in [-0.2, -0.15) is 0 Å². The van der Waals surface area contributed by atoms with Crippen molar-refractivity contribution in [1.29, 1.82) is 0 Å². The molecule has 1 N–H and O–H groups in total. The quantitative estimate of drug-likeness (QED) is 0.406. The van der Waals surface area contributed by atoms with E-state index in [-0.39, 0.29) is 42.9 Å². The summed E-state index contributed by atoms with van der Waals surface area (Å²) in [6.45, 7) is 11.6. The Morgan fingerprint density at radius 3 is 2.56 bits per heavy atom. The first-order valence-electron chi connectivity index (χ1n) is 14.8. The van der Waals surface area contributed by atoms with Crippen LogP contribution in [0.25, 0.3) is 0 Å². The summed E-state index contributed by atoms with van der Waals surface area (Å²) < 4.78 is 17.1. The van der Waals surface area contributed by atoms with Gasteiger partial charge in [-0.15, -0.1) is 12.4 Å². The number of piperidine rings is 1. The van der Waals surface area contributed by atoms with Crippen molar-refractivity contribution >= 4 is 36.0 Å². The standard InChI is InChI=1S/C30H46N4O6.ClH/c1-21(2)34(23-11-10-12-31-19-23)27(35)24-18-25-26(17-22(24)3)40-30(4,20-39-29(37)32-13-6-7-14-32)28(36)33(25)15-8-9-16-38-5;/h17-18,21,23,31H,6-16,19-20H2,1-5H3;1H/t23-,30?;/m1./s1. The van der Waals surface area contributed by atoms with Gasteiger partial charge in [0, 0.05) is 57.5 Å². The van der Waals surface area contributed by atoms with Gasteiger partial charge in [0.1, 0.15) is 12.4 Å². The summed E-state index contributed by atoms with van der Waals surface area (Å²) in [5, 5.41) is 3.42. The molecule has 0 aliphatic carbocycles. The van der Waals surface area contributed by atoms with Gasteiger partial charge < -0.3 is 34.2 Å². The van der Waals surface area contributed by atoms with Gasteiger partial charge in [-0.3, -0.25) is 9.59 Å². The molecule has 4 rings (SSSR count). The van der Waals surface area contributed by atoms with Crippen LogP contribution in [-0.2, 0) is 14.3 Å². The molecule has 0 radical (unpaired) electrons. The molecule has 11 heteroatoms. The van der Waals surface area contributed by atoms with Crippen LogP contribution < -0.4 is 15.0 Å². The minimum Gasteiger partial charge on any atom is -0.472 e. The number of hydrogen-bond donors (Lipinski definition) is 1. The van der Waals surface area contributed by atoms with Crippen LogP contribution in [0.5, 0.6) is 5.75 Å². The zero-order chi connectivity index (χ0) is 28.9. The second-order valence-corrected chi connectivity index (χ2v) is 11.7.